The van der Waals surface area contributed by atoms with Crippen molar-refractivity contribution in [3.8, 4) is 67.5 Å². The summed E-state index contributed by atoms with van der Waals surface area (Å²) >= 11 is 10.5. The van der Waals surface area contributed by atoms with Gasteiger partial charge in [-0.3, -0.25) is 25.5 Å². The van der Waals surface area contributed by atoms with Gasteiger partial charge in [-0.2, -0.15) is 25.5 Å². The molecule has 5 saturated carbocycles. The molecule has 48 heteroatoms. The van der Waals surface area contributed by atoms with Crippen LogP contribution in [0.15, 0.2) is 126 Å². The van der Waals surface area contributed by atoms with Crippen molar-refractivity contribution in [2.45, 2.75) is 185 Å². The Morgan fingerprint density at radius 1 is 0.422 bits per heavy atom. The number of hydrogen-bond acceptors (Lipinski definition) is 33. The fourth-order valence-corrected chi connectivity index (χ4v) is 23.1. The minimum atomic E-state index is -3.77. The van der Waals surface area contributed by atoms with Gasteiger partial charge in [-0.15, -0.1) is 58.2 Å². The van der Waals surface area contributed by atoms with Crippen LogP contribution in [0.25, 0.3) is 48.9 Å². The molecule has 38 nitrogen and oxygen atoms in total. The molecule has 0 amide bonds. The van der Waals surface area contributed by atoms with Gasteiger partial charge in [0.25, 0.3) is 10.0 Å². The van der Waals surface area contributed by atoms with E-state index >= 15 is 0 Å². The molecule has 0 atom stereocenters. The van der Waals surface area contributed by atoms with Crippen molar-refractivity contribution in [3.05, 3.63) is 182 Å². The topological polar surface area (TPSA) is 580 Å². The molecule has 14 aromatic heterocycles. The molecule has 0 spiro atoms. The molecule has 0 unspecified atom stereocenters. The molecule has 0 aromatic carbocycles. The van der Waals surface area contributed by atoms with E-state index in [2.05, 4.69) is 139 Å². The van der Waals surface area contributed by atoms with E-state index in [1.807, 2.05) is 82.3 Å². The third-order valence-electron chi connectivity index (χ3n) is 20.5. The van der Waals surface area contributed by atoms with Gasteiger partial charge in [0, 0.05) is 120 Å². The number of sulfonamides is 4. The van der Waals surface area contributed by atoms with E-state index in [4.69, 9.17) is 39.9 Å². The molecule has 17 N–H and O–H groups in total. The van der Waals surface area contributed by atoms with Gasteiger partial charge in [-0.05, 0) is 185 Å². The van der Waals surface area contributed by atoms with Gasteiger partial charge >= 0.3 is 0 Å². The number of H-pyrrole nitrogens is 5. The summed E-state index contributed by atoms with van der Waals surface area (Å²) in [5.74, 6) is 15.8. The van der Waals surface area contributed by atoms with Crippen LogP contribution in [0, 0.1) is 57.8 Å². The minimum Gasteiger partial charge on any atom is -0.323 e. The van der Waals surface area contributed by atoms with Crippen LogP contribution in [-0.2, 0) is 49.9 Å². The van der Waals surface area contributed by atoms with Crippen molar-refractivity contribution >= 4 is 171 Å². The molecule has 19 rings (SSSR count). The lowest BCUT2D eigenvalue weighted by Crippen LogP contribution is -2.40. The monoisotopic (exact) mass is 2040 g/mol. The van der Waals surface area contributed by atoms with Crippen molar-refractivity contribution in [1.82, 2.24) is 101 Å². The molecule has 14 heterocycles. The number of thiophene rings is 4. The smallest absolute Gasteiger partial charge is 0.250 e. The molecule has 14 aromatic rings. The largest absolute Gasteiger partial charge is 0.323 e. The lowest BCUT2D eigenvalue weighted by molar-refractivity contribution is 0.462. The molecule has 0 bridgehead atoms. The number of sulfone groups is 1. The maximum atomic E-state index is 12.6. The number of pyridine rings is 1. The van der Waals surface area contributed by atoms with Crippen LogP contribution in [0.2, 0.25) is 5.02 Å². The number of aryl methyl sites for hydroxylation is 4. The number of aromatic amines is 5. The van der Waals surface area contributed by atoms with Gasteiger partial charge in [0.05, 0.1) is 64.9 Å². The Hall–Kier alpha value is -11.9. The quantitative estimate of drug-likeness (QED) is 0.0203. The number of nitrogens with two attached hydrogens (primary N) is 3. The fraction of sp³-hybridized carbons (Fsp3) is 0.333. The highest BCUT2D eigenvalue weighted by Gasteiger charge is 2.33. The molecule has 135 heavy (non-hydrogen) atoms. The maximum absolute atomic E-state index is 12.6. The van der Waals surface area contributed by atoms with Crippen LogP contribution in [0.3, 0.4) is 0 Å². The molecule has 5 aliphatic carbocycles. The van der Waals surface area contributed by atoms with Crippen molar-refractivity contribution in [2.75, 3.05) is 38.1 Å². The summed E-state index contributed by atoms with van der Waals surface area (Å²) in [5.41, 5.74) is 9.07. The lowest BCUT2D eigenvalue weighted by Gasteiger charge is -2.19. The highest BCUT2D eigenvalue weighted by molar-refractivity contribution is 7.92. The number of rotatable bonds is 28. The zero-order chi connectivity index (χ0) is 96.4. The number of halogens is 1. The highest BCUT2D eigenvalue weighted by atomic mass is 35.5. The number of hydrogen-bond donors (Lipinski definition) is 14. The van der Waals surface area contributed by atoms with Crippen molar-refractivity contribution in [1.29, 1.82) is 0 Å². The summed E-state index contributed by atoms with van der Waals surface area (Å²) in [7, 11) is -18.0. The van der Waals surface area contributed by atoms with Crippen LogP contribution in [0.4, 0.5) is 58.2 Å². The van der Waals surface area contributed by atoms with Gasteiger partial charge < -0.3 is 26.6 Å². The second kappa shape index (κ2) is 39.8. The maximum Gasteiger partial charge on any atom is 0.250 e. The first-order valence-electron chi connectivity index (χ1n) is 42.4. The second-order valence-electron chi connectivity index (χ2n) is 35.0. The number of aromatic nitrogens is 19. The van der Waals surface area contributed by atoms with E-state index in [9.17, 15) is 42.1 Å². The Labute approximate surface area is 816 Å². The Morgan fingerprint density at radius 3 is 1.12 bits per heavy atom. The van der Waals surface area contributed by atoms with Crippen LogP contribution in [0.1, 0.15) is 218 Å². The summed E-state index contributed by atoms with van der Waals surface area (Å²) in [6, 6.07) is 29.7. The Balaban J connectivity index is 0.000000314. The van der Waals surface area contributed by atoms with E-state index in [0.29, 0.717) is 164 Å². The van der Waals surface area contributed by atoms with Gasteiger partial charge in [0.1, 0.15) is 33.5 Å². The Morgan fingerprint density at radius 2 is 0.763 bits per heavy atom. The van der Waals surface area contributed by atoms with Gasteiger partial charge in [0.15, 0.2) is 79.7 Å². The molecule has 0 radical (unpaired) electrons. The third kappa shape index (κ3) is 26.6. The number of anilines is 10. The van der Waals surface area contributed by atoms with Gasteiger partial charge in [-0.25, -0.2) is 107 Å². The van der Waals surface area contributed by atoms with Crippen LogP contribution < -0.4 is 46.7 Å². The first kappa shape index (κ1) is 97.6. The molecular weight excluding hydrogens is 1920 g/mol. The molecular formula is C87H117ClN28O10S9. The first-order chi connectivity index (χ1) is 63.8. The van der Waals surface area contributed by atoms with Gasteiger partial charge in [-0.1, -0.05) is 56.4 Å². The molecule has 726 valence electrons. The minimum absolute atomic E-state index is 0. The van der Waals surface area contributed by atoms with Gasteiger partial charge in [0.2, 0.25) is 30.1 Å². The fourth-order valence-electron chi connectivity index (χ4n) is 13.5. The summed E-state index contributed by atoms with van der Waals surface area (Å²) in [4.78, 5) is 42.5. The average Bonchev–Trinajstić information content (AvgIpc) is 1.60. The Bertz CT molecular complexity index is 7540. The third-order valence-corrected chi connectivity index (χ3v) is 33.8. The second-order valence-corrected chi connectivity index (χ2v) is 49.1. The SMILES string of the molecule is C#Cc1c(C)nc(-c2ccc(S(=O)(=O)NC(C)(C)C)s2)nc1Nc1cc(C2CC2)[nH]n1.C#Cc1c(C)nc(-c2ccc(S(N)(=O)=O)s2)nc1Nc1cc(C2CC2)[nH]n1.CC(C)(C)CS(=O)(=O)C/C=C/c1cccc(Nc2cc(C3CC3)[nH]n2)n1.Cc1cc(Nc2cc(C3CC3)[nH]n2)nc(-c2ccc(S(N)(=O)=O)s2)n1.Cc1nc(-c2ccc(S(N)(=O)=O)s2)nc(Nc2cc(C3CC3)[nH]n2)c1Cl.[HH].[HH].[HH].[HH].[HH].[HH].[HH].[HH].[HH].[HH]. The predicted octanol–water partition coefficient (Wildman–Crippen LogP) is 18.4. The number of nitrogens with one attached hydrogen (secondary N) is 11. The average molecular weight is 2040 g/mol. The molecule has 0 saturated heterocycles. The molecule has 0 aliphatic heterocycles. The van der Waals surface area contributed by atoms with E-state index < -0.39 is 55.5 Å². The normalized spacial score (nSPS) is 14.6. The zero-order valence-corrected chi connectivity index (χ0v) is 82.7. The highest BCUT2D eigenvalue weighted by Crippen LogP contribution is 2.45. The predicted molar refractivity (Wildman–Crippen MR) is 547 cm³/mol. The van der Waals surface area contributed by atoms with E-state index in [1.54, 1.807) is 84.0 Å². The van der Waals surface area contributed by atoms with Crippen molar-refractivity contribution < 1.29 is 56.4 Å². The van der Waals surface area contributed by atoms with Crippen LogP contribution >= 0.6 is 56.9 Å². The van der Waals surface area contributed by atoms with E-state index in [1.165, 1.54) is 82.4 Å². The van der Waals surface area contributed by atoms with Crippen molar-refractivity contribution in [2.24, 2.45) is 20.8 Å². The lowest BCUT2D eigenvalue weighted by atomic mass is 10.0. The molecule has 5 aliphatic rings. The zero-order valence-electron chi connectivity index (χ0n) is 74.6. The number of primary sulfonamides is 3. The summed E-state index contributed by atoms with van der Waals surface area (Å²) < 4.78 is 121. The number of nitrogens with zero attached hydrogens (tertiary/aromatic N) is 14. The summed E-state index contributed by atoms with van der Waals surface area (Å²) in [5, 5.41) is 68.1. The standard InChI is InChI=1S/C21H24N6O2S2.C19H26N4O2S.C17H16N6O2S2.C15H15ClN6O2S2.C15H16N6O2S2.10H2/c1-6-14-12(2)22-20(16-9-10-18(30-16)31(28,29)27-21(3,4)5)24-19(14)23-17-11-15(25-26-17)13-7-8-13;1-19(2,3)13-26(24,25)11-5-7-15-6-4-8-17(20-15)21-18-12-16(22-23-18)14-9-10-14;1-3-11-9(2)19-17(13-6-7-15(26-13)27(18,24)25)21-16(11)20-14-8-12(22-23-14)10-4-5-10;1-7-13(16)15(19-11-6-9(21-22-11)8-2-3-8)20-14(18-7)10-4-5-12(25-10)26(17,23)24;1-8-6-12(18-13-7-10(20-21-13)9-2-3-9)19-15(17-8)11-4-5-14(24-11)25(16,22)23;;;;;;;;;;/h1,9-11,13,27H,7-8H2,2-5H3,(H2,22,23,24,25,26);4-8,12,14H,9-11,13H2,1-3H3,(H2,20,21,22,23);1,6-8,10H,4-5H2,2H3,(H2,18,24,25)(H2,19,20,21,22,23);4-6,8H,2-3H2,1H3,(H2,17,23,24)(H2,18,19,20,21,22);4-7,9H,2-3H2,1H3,(H2,16,22,23)(H2,17,18,19,20,21);10*1H/b;7-5+;;;;;;;;;;;;;. The van der Waals surface area contributed by atoms with Crippen LogP contribution in [-0.4, -0.2) is 155 Å². The van der Waals surface area contributed by atoms with Crippen LogP contribution in [0.5, 0.6) is 0 Å². The first-order valence-corrected chi connectivity index (χ1v) is 54.0. The molecule has 5 fully saturated rings. The van der Waals surface area contributed by atoms with E-state index in [-0.39, 0.29) is 48.0 Å². The number of terminal acetylenes is 2. The Kier molecular flexibility index (Phi) is 28.8. The van der Waals surface area contributed by atoms with Crippen molar-refractivity contribution in [3.63, 3.8) is 0 Å². The van der Waals surface area contributed by atoms with E-state index in [0.717, 1.165) is 85.3 Å². The summed E-state index contributed by atoms with van der Waals surface area (Å²) in [6.07, 6.45) is 26.6. The summed E-state index contributed by atoms with van der Waals surface area (Å²) in [6.45, 7) is 18.4.